The quantitative estimate of drug-likeness (QED) is 0.684. The summed E-state index contributed by atoms with van der Waals surface area (Å²) in [4.78, 5) is 0. The van der Waals surface area contributed by atoms with Gasteiger partial charge in [0.05, 0.1) is 5.69 Å². The van der Waals surface area contributed by atoms with E-state index in [1.807, 2.05) is 11.7 Å². The SMILES string of the molecule is CCCc1cc(C(C)(C)C)nn1C. The van der Waals surface area contributed by atoms with Gasteiger partial charge >= 0.3 is 0 Å². The number of hydrogen-bond donors (Lipinski definition) is 0. The van der Waals surface area contributed by atoms with E-state index in [-0.39, 0.29) is 5.41 Å². The van der Waals surface area contributed by atoms with Crippen LogP contribution in [0.15, 0.2) is 6.07 Å². The van der Waals surface area contributed by atoms with E-state index < -0.39 is 0 Å². The zero-order chi connectivity index (χ0) is 10.1. The first-order valence-electron chi connectivity index (χ1n) is 4.98. The Morgan fingerprint density at radius 1 is 1.38 bits per heavy atom. The van der Waals surface area contributed by atoms with Crippen LogP contribution >= 0.6 is 0 Å². The molecule has 0 radical (unpaired) electrons. The number of aryl methyl sites for hydroxylation is 2. The molecular weight excluding hydrogens is 160 g/mol. The van der Waals surface area contributed by atoms with Gasteiger partial charge in [-0.3, -0.25) is 4.68 Å². The molecule has 0 N–H and O–H groups in total. The zero-order valence-electron chi connectivity index (χ0n) is 9.39. The van der Waals surface area contributed by atoms with Crippen LogP contribution in [0.1, 0.15) is 45.5 Å². The Kier molecular flexibility index (Phi) is 2.79. The normalized spacial score (nSPS) is 12.1. The highest BCUT2D eigenvalue weighted by Gasteiger charge is 2.18. The van der Waals surface area contributed by atoms with Gasteiger partial charge in [0.1, 0.15) is 0 Å². The van der Waals surface area contributed by atoms with Gasteiger partial charge < -0.3 is 0 Å². The Bertz CT molecular complexity index is 279. The van der Waals surface area contributed by atoms with Crippen LogP contribution in [0.2, 0.25) is 0 Å². The van der Waals surface area contributed by atoms with Gasteiger partial charge in [-0.2, -0.15) is 5.10 Å². The molecule has 0 aliphatic rings. The first kappa shape index (κ1) is 10.3. The maximum Gasteiger partial charge on any atom is 0.0680 e. The van der Waals surface area contributed by atoms with Crippen LogP contribution in [-0.2, 0) is 18.9 Å². The second kappa shape index (κ2) is 3.52. The minimum atomic E-state index is 0.170. The molecule has 2 nitrogen and oxygen atoms in total. The molecule has 0 aromatic carbocycles. The van der Waals surface area contributed by atoms with Gasteiger partial charge in [0, 0.05) is 18.2 Å². The lowest BCUT2D eigenvalue weighted by Crippen LogP contribution is -2.12. The Morgan fingerprint density at radius 2 is 2.00 bits per heavy atom. The summed E-state index contributed by atoms with van der Waals surface area (Å²) in [5, 5.41) is 4.52. The fourth-order valence-electron chi connectivity index (χ4n) is 1.36. The number of hydrogen-bond acceptors (Lipinski definition) is 1. The predicted octanol–water partition coefficient (Wildman–Crippen LogP) is 2.67. The van der Waals surface area contributed by atoms with E-state index >= 15 is 0 Å². The van der Waals surface area contributed by atoms with Gasteiger partial charge in [0.15, 0.2) is 0 Å². The molecule has 0 fully saturated rings. The lowest BCUT2D eigenvalue weighted by molar-refractivity contribution is 0.551. The molecule has 0 spiro atoms. The van der Waals surface area contributed by atoms with Crippen LogP contribution < -0.4 is 0 Å². The van der Waals surface area contributed by atoms with Crippen molar-refractivity contribution in [3.8, 4) is 0 Å². The van der Waals surface area contributed by atoms with Gasteiger partial charge in [-0.05, 0) is 12.5 Å². The third-order valence-corrected chi connectivity index (χ3v) is 2.25. The predicted molar refractivity (Wildman–Crippen MR) is 55.9 cm³/mol. The Morgan fingerprint density at radius 3 is 2.38 bits per heavy atom. The van der Waals surface area contributed by atoms with E-state index in [9.17, 15) is 0 Å². The van der Waals surface area contributed by atoms with Crippen LogP contribution in [-0.4, -0.2) is 9.78 Å². The first-order chi connectivity index (χ1) is 5.95. The smallest absolute Gasteiger partial charge is 0.0680 e. The summed E-state index contributed by atoms with van der Waals surface area (Å²) in [6.45, 7) is 8.80. The monoisotopic (exact) mass is 180 g/mol. The largest absolute Gasteiger partial charge is 0.272 e. The van der Waals surface area contributed by atoms with Gasteiger partial charge in [0.25, 0.3) is 0 Å². The van der Waals surface area contributed by atoms with Gasteiger partial charge in [-0.1, -0.05) is 34.1 Å². The Hall–Kier alpha value is -0.790. The van der Waals surface area contributed by atoms with E-state index in [4.69, 9.17) is 0 Å². The molecule has 0 atom stereocenters. The number of rotatable bonds is 2. The number of aromatic nitrogens is 2. The Balaban J connectivity index is 2.95. The van der Waals surface area contributed by atoms with E-state index in [0.717, 1.165) is 6.42 Å². The third-order valence-electron chi connectivity index (χ3n) is 2.25. The molecule has 74 valence electrons. The summed E-state index contributed by atoms with van der Waals surface area (Å²) < 4.78 is 2.00. The molecule has 0 saturated heterocycles. The second-order valence-corrected chi connectivity index (χ2v) is 4.64. The molecule has 1 rings (SSSR count). The standard InChI is InChI=1S/C11H20N2/c1-6-7-9-8-10(11(2,3)4)12-13(9)5/h8H,6-7H2,1-5H3. The Labute approximate surface area is 81.0 Å². The third kappa shape index (κ3) is 2.33. The molecule has 2 heteroatoms. The molecule has 0 amide bonds. The maximum atomic E-state index is 4.52. The number of nitrogens with zero attached hydrogens (tertiary/aromatic N) is 2. The van der Waals surface area contributed by atoms with Crippen molar-refractivity contribution in [1.29, 1.82) is 0 Å². The fourth-order valence-corrected chi connectivity index (χ4v) is 1.36. The minimum absolute atomic E-state index is 0.170. The van der Waals surface area contributed by atoms with Crippen molar-refractivity contribution >= 4 is 0 Å². The molecular formula is C11H20N2. The molecule has 1 aromatic heterocycles. The molecule has 0 saturated carbocycles. The second-order valence-electron chi connectivity index (χ2n) is 4.64. The van der Waals surface area contributed by atoms with Crippen LogP contribution in [0.3, 0.4) is 0 Å². The van der Waals surface area contributed by atoms with Crippen molar-refractivity contribution in [2.45, 2.75) is 46.0 Å². The maximum absolute atomic E-state index is 4.52. The van der Waals surface area contributed by atoms with Gasteiger partial charge in [-0.25, -0.2) is 0 Å². The van der Waals surface area contributed by atoms with E-state index in [1.54, 1.807) is 0 Å². The average molecular weight is 180 g/mol. The molecule has 1 heterocycles. The molecule has 0 aliphatic heterocycles. The lowest BCUT2D eigenvalue weighted by Gasteiger charge is -2.13. The summed E-state index contributed by atoms with van der Waals surface area (Å²) in [6, 6.07) is 2.23. The van der Waals surface area contributed by atoms with Crippen molar-refractivity contribution in [3.63, 3.8) is 0 Å². The molecule has 1 aromatic rings. The topological polar surface area (TPSA) is 17.8 Å². The highest BCUT2D eigenvalue weighted by molar-refractivity contribution is 5.17. The summed E-state index contributed by atoms with van der Waals surface area (Å²) in [7, 11) is 2.03. The highest BCUT2D eigenvalue weighted by atomic mass is 15.3. The van der Waals surface area contributed by atoms with E-state index in [2.05, 4.69) is 38.9 Å². The van der Waals surface area contributed by atoms with Crippen molar-refractivity contribution in [3.05, 3.63) is 17.5 Å². The van der Waals surface area contributed by atoms with E-state index in [0.29, 0.717) is 0 Å². The fraction of sp³-hybridized carbons (Fsp3) is 0.727. The minimum Gasteiger partial charge on any atom is -0.272 e. The van der Waals surface area contributed by atoms with E-state index in [1.165, 1.54) is 17.8 Å². The highest BCUT2D eigenvalue weighted by Crippen LogP contribution is 2.21. The molecule has 0 aliphatic carbocycles. The van der Waals surface area contributed by atoms with Gasteiger partial charge in [-0.15, -0.1) is 0 Å². The van der Waals surface area contributed by atoms with Crippen LogP contribution in [0.4, 0.5) is 0 Å². The lowest BCUT2D eigenvalue weighted by atomic mass is 9.92. The molecule has 0 unspecified atom stereocenters. The van der Waals surface area contributed by atoms with Gasteiger partial charge in [0.2, 0.25) is 0 Å². The van der Waals surface area contributed by atoms with Crippen LogP contribution in [0.25, 0.3) is 0 Å². The summed E-state index contributed by atoms with van der Waals surface area (Å²) in [6.07, 6.45) is 2.31. The average Bonchev–Trinajstić information content (AvgIpc) is 2.32. The van der Waals surface area contributed by atoms with Crippen LogP contribution in [0.5, 0.6) is 0 Å². The van der Waals surface area contributed by atoms with Crippen molar-refractivity contribution < 1.29 is 0 Å². The summed E-state index contributed by atoms with van der Waals surface area (Å²) in [5.74, 6) is 0. The van der Waals surface area contributed by atoms with Crippen molar-refractivity contribution in [2.24, 2.45) is 7.05 Å². The first-order valence-corrected chi connectivity index (χ1v) is 4.98. The molecule has 0 bridgehead atoms. The zero-order valence-corrected chi connectivity index (χ0v) is 9.39. The summed E-state index contributed by atoms with van der Waals surface area (Å²) >= 11 is 0. The summed E-state index contributed by atoms with van der Waals surface area (Å²) in [5.41, 5.74) is 2.70. The van der Waals surface area contributed by atoms with Crippen molar-refractivity contribution in [2.75, 3.05) is 0 Å². The molecule has 13 heavy (non-hydrogen) atoms. The van der Waals surface area contributed by atoms with Crippen LogP contribution in [0, 0.1) is 0 Å². The van der Waals surface area contributed by atoms with Crippen molar-refractivity contribution in [1.82, 2.24) is 9.78 Å².